The first kappa shape index (κ1) is 19.7. The predicted molar refractivity (Wildman–Crippen MR) is 110 cm³/mol. The van der Waals surface area contributed by atoms with Crippen molar-refractivity contribution in [2.75, 3.05) is 14.2 Å². The SMILES string of the molecule is COc1c2c(nc3occc13)[C@](CC=C(C)C)(OC)C(=O)C1=C2OC(C)(C)[C@@H]1C. The fourth-order valence-electron chi connectivity index (χ4n) is 4.25. The number of hydrogen-bond donors (Lipinski definition) is 0. The molecule has 0 saturated heterocycles. The van der Waals surface area contributed by atoms with Crippen LogP contribution in [0.5, 0.6) is 5.75 Å². The summed E-state index contributed by atoms with van der Waals surface area (Å²) in [7, 11) is 3.16. The van der Waals surface area contributed by atoms with Crippen LogP contribution in [0.3, 0.4) is 0 Å². The van der Waals surface area contributed by atoms with E-state index in [4.69, 9.17) is 23.6 Å². The van der Waals surface area contributed by atoms with Gasteiger partial charge in [-0.3, -0.25) is 4.79 Å². The van der Waals surface area contributed by atoms with Gasteiger partial charge in [-0.2, -0.15) is 0 Å². The largest absolute Gasteiger partial charge is 0.495 e. The second-order valence-corrected chi connectivity index (χ2v) is 8.52. The standard InChI is InChI=1S/C23H27NO5/c1-12(2)8-10-23(27-7)19-16(17(26-6)14-9-11-28-21(14)24-19)18-15(20(23)25)13(3)22(4,5)29-18/h8-9,11,13H,10H2,1-7H3/t13-,23+/m1/s1. The number of allylic oxidation sites excluding steroid dienone is 1. The number of carbonyl (C=O) groups is 1. The number of methoxy groups -OCH3 is 2. The maximum atomic E-state index is 13.9. The van der Waals surface area contributed by atoms with E-state index in [2.05, 4.69) is 0 Å². The summed E-state index contributed by atoms with van der Waals surface area (Å²) in [5.41, 5.74) is 1.49. The Hall–Kier alpha value is -2.60. The van der Waals surface area contributed by atoms with Gasteiger partial charge in [-0.25, -0.2) is 4.98 Å². The summed E-state index contributed by atoms with van der Waals surface area (Å²) in [4.78, 5) is 18.6. The normalized spacial score (nSPS) is 24.9. The van der Waals surface area contributed by atoms with Gasteiger partial charge in [0.1, 0.15) is 17.1 Å². The Labute approximate surface area is 170 Å². The van der Waals surface area contributed by atoms with Gasteiger partial charge in [-0.05, 0) is 33.8 Å². The smallest absolute Gasteiger partial charge is 0.229 e. The third-order valence-corrected chi connectivity index (χ3v) is 6.22. The molecule has 0 radical (unpaired) electrons. The van der Waals surface area contributed by atoms with Crippen molar-refractivity contribution < 1.29 is 23.4 Å². The number of nitrogens with zero attached hydrogens (tertiary/aromatic N) is 1. The van der Waals surface area contributed by atoms with Crippen LogP contribution < -0.4 is 4.74 Å². The summed E-state index contributed by atoms with van der Waals surface area (Å²) < 4.78 is 23.7. The van der Waals surface area contributed by atoms with Crippen molar-refractivity contribution in [3.05, 3.63) is 40.8 Å². The molecule has 0 spiro atoms. The van der Waals surface area contributed by atoms with E-state index in [-0.39, 0.29) is 11.7 Å². The van der Waals surface area contributed by atoms with Gasteiger partial charge in [-0.1, -0.05) is 18.6 Å². The predicted octanol–water partition coefficient (Wildman–Crippen LogP) is 4.77. The molecule has 1 aliphatic heterocycles. The molecule has 6 nitrogen and oxygen atoms in total. The third kappa shape index (κ3) is 2.58. The third-order valence-electron chi connectivity index (χ3n) is 6.22. The summed E-state index contributed by atoms with van der Waals surface area (Å²) >= 11 is 0. The zero-order valence-electron chi connectivity index (χ0n) is 18.0. The number of pyridine rings is 1. The molecule has 0 saturated carbocycles. The van der Waals surface area contributed by atoms with Crippen molar-refractivity contribution in [2.24, 2.45) is 5.92 Å². The number of carbonyl (C=O) groups excluding carboxylic acids is 1. The molecule has 2 atom stereocenters. The van der Waals surface area contributed by atoms with Crippen LogP contribution in [-0.2, 0) is 19.9 Å². The lowest BCUT2D eigenvalue weighted by Crippen LogP contribution is -2.44. The monoisotopic (exact) mass is 397 g/mol. The molecule has 0 amide bonds. The fraction of sp³-hybridized carbons (Fsp3) is 0.478. The summed E-state index contributed by atoms with van der Waals surface area (Å²) in [5.74, 6) is 0.907. The van der Waals surface area contributed by atoms with Gasteiger partial charge in [-0.15, -0.1) is 0 Å². The topological polar surface area (TPSA) is 70.8 Å². The van der Waals surface area contributed by atoms with Gasteiger partial charge >= 0.3 is 0 Å². The van der Waals surface area contributed by atoms with Crippen LogP contribution in [-0.4, -0.2) is 30.6 Å². The zero-order valence-corrected chi connectivity index (χ0v) is 18.0. The van der Waals surface area contributed by atoms with E-state index in [1.165, 1.54) is 0 Å². The number of Topliss-reactive ketones (excluding diaryl/α,β-unsaturated/α-hetero) is 1. The molecule has 2 aliphatic rings. The molecule has 3 heterocycles. The van der Waals surface area contributed by atoms with Gasteiger partial charge in [0, 0.05) is 25.0 Å². The van der Waals surface area contributed by atoms with Crippen molar-refractivity contribution in [1.29, 1.82) is 0 Å². The average Bonchev–Trinajstić information content (AvgIpc) is 3.23. The number of ketones is 1. The molecule has 0 unspecified atom stereocenters. The first-order valence-corrected chi connectivity index (χ1v) is 9.80. The van der Waals surface area contributed by atoms with Gasteiger partial charge in [0.15, 0.2) is 5.60 Å². The highest BCUT2D eigenvalue weighted by molar-refractivity contribution is 6.13. The molecule has 4 rings (SSSR count). The van der Waals surface area contributed by atoms with Crippen molar-refractivity contribution >= 4 is 22.6 Å². The highest BCUT2D eigenvalue weighted by Gasteiger charge is 2.57. The Morgan fingerprint density at radius 3 is 2.66 bits per heavy atom. The highest BCUT2D eigenvalue weighted by Crippen LogP contribution is 2.55. The first-order valence-electron chi connectivity index (χ1n) is 9.80. The van der Waals surface area contributed by atoms with Crippen molar-refractivity contribution in [3.8, 4) is 5.75 Å². The molecular weight excluding hydrogens is 370 g/mol. The molecule has 1 aliphatic carbocycles. The van der Waals surface area contributed by atoms with Crippen LogP contribution in [0.1, 0.15) is 52.3 Å². The van der Waals surface area contributed by atoms with Crippen molar-refractivity contribution in [3.63, 3.8) is 0 Å². The van der Waals surface area contributed by atoms with Crippen LogP contribution in [0.4, 0.5) is 0 Å². The summed E-state index contributed by atoms with van der Waals surface area (Å²) in [6.07, 6.45) is 3.93. The maximum absolute atomic E-state index is 13.9. The van der Waals surface area contributed by atoms with E-state index in [1.54, 1.807) is 20.5 Å². The van der Waals surface area contributed by atoms with Crippen molar-refractivity contribution in [1.82, 2.24) is 4.98 Å². The molecule has 0 aromatic carbocycles. The van der Waals surface area contributed by atoms with E-state index in [1.807, 2.05) is 46.8 Å². The van der Waals surface area contributed by atoms with Gasteiger partial charge < -0.3 is 18.6 Å². The quantitative estimate of drug-likeness (QED) is 0.692. The Morgan fingerprint density at radius 2 is 2.03 bits per heavy atom. The van der Waals surface area contributed by atoms with E-state index >= 15 is 0 Å². The molecule has 29 heavy (non-hydrogen) atoms. The van der Waals surface area contributed by atoms with E-state index < -0.39 is 11.2 Å². The van der Waals surface area contributed by atoms with E-state index in [0.717, 1.165) is 11.0 Å². The van der Waals surface area contributed by atoms with Crippen LogP contribution in [0.15, 0.2) is 34.0 Å². The lowest BCUT2D eigenvalue weighted by Gasteiger charge is -2.35. The van der Waals surface area contributed by atoms with Gasteiger partial charge in [0.2, 0.25) is 11.5 Å². The molecule has 0 fully saturated rings. The minimum absolute atomic E-state index is 0.107. The second-order valence-electron chi connectivity index (χ2n) is 8.52. The Bertz CT molecular complexity index is 1070. The first-order chi connectivity index (χ1) is 13.7. The Morgan fingerprint density at radius 1 is 1.31 bits per heavy atom. The number of hydrogen-bond acceptors (Lipinski definition) is 6. The number of furan rings is 1. The Balaban J connectivity index is 2.12. The molecule has 2 aromatic rings. The fourth-order valence-corrected chi connectivity index (χ4v) is 4.25. The van der Waals surface area contributed by atoms with Gasteiger partial charge in [0.05, 0.1) is 30.0 Å². The van der Waals surface area contributed by atoms with E-state index in [9.17, 15) is 4.79 Å². The zero-order chi connectivity index (χ0) is 21.1. The molecule has 154 valence electrons. The lowest BCUT2D eigenvalue weighted by atomic mass is 9.73. The molecule has 6 heteroatoms. The molecule has 0 N–H and O–H groups in total. The number of ether oxygens (including phenoxy) is 3. The van der Waals surface area contributed by atoms with Crippen LogP contribution in [0.2, 0.25) is 0 Å². The van der Waals surface area contributed by atoms with Crippen molar-refractivity contribution in [2.45, 2.75) is 52.2 Å². The summed E-state index contributed by atoms with van der Waals surface area (Å²) in [5, 5.41) is 0.737. The summed E-state index contributed by atoms with van der Waals surface area (Å²) in [6.45, 7) is 9.99. The second kappa shape index (κ2) is 6.46. The lowest BCUT2D eigenvalue weighted by molar-refractivity contribution is -0.139. The maximum Gasteiger partial charge on any atom is 0.229 e. The number of fused-ring (bicyclic) bond motifs is 3. The van der Waals surface area contributed by atoms with Gasteiger partial charge in [0.25, 0.3) is 0 Å². The molecular formula is C23H27NO5. The average molecular weight is 397 g/mol. The molecule has 2 aromatic heterocycles. The number of rotatable bonds is 4. The molecule has 0 bridgehead atoms. The van der Waals surface area contributed by atoms with E-state index in [0.29, 0.717) is 40.5 Å². The van der Waals surface area contributed by atoms with Crippen LogP contribution in [0, 0.1) is 5.92 Å². The summed E-state index contributed by atoms with van der Waals surface area (Å²) in [6, 6.07) is 1.81. The minimum atomic E-state index is -1.27. The number of aromatic nitrogens is 1. The Kier molecular flexibility index (Phi) is 4.39. The highest BCUT2D eigenvalue weighted by atomic mass is 16.5. The van der Waals surface area contributed by atoms with Crippen LogP contribution in [0.25, 0.3) is 16.9 Å². The minimum Gasteiger partial charge on any atom is -0.495 e. The van der Waals surface area contributed by atoms with Crippen LogP contribution >= 0.6 is 0 Å².